The van der Waals surface area contributed by atoms with Crippen molar-refractivity contribution in [2.75, 3.05) is 0 Å². The minimum Gasteiger partial charge on any atom is -0.253 e. The average molecular weight is 280 g/mol. The lowest BCUT2D eigenvalue weighted by Crippen LogP contribution is -2.15. The summed E-state index contributed by atoms with van der Waals surface area (Å²) in [6.07, 6.45) is 0. The molecule has 0 aliphatic carbocycles. The summed E-state index contributed by atoms with van der Waals surface area (Å²) in [5.74, 6) is 0. The van der Waals surface area contributed by atoms with Gasteiger partial charge in [0.1, 0.15) is 0 Å². The monoisotopic (exact) mass is 279 g/mol. The van der Waals surface area contributed by atoms with E-state index in [1.807, 2.05) is 25.1 Å². The molecule has 0 spiro atoms. The first-order chi connectivity index (χ1) is 6.38. The van der Waals surface area contributed by atoms with Crippen LogP contribution in [0.5, 0.6) is 0 Å². The predicted molar refractivity (Wildman–Crippen MR) is 56.8 cm³/mol. The number of nitrogens with two attached hydrogens (primary N) is 1. The summed E-state index contributed by atoms with van der Waals surface area (Å²) >= 11 is 3.28. The van der Waals surface area contributed by atoms with Crippen LogP contribution in [0.3, 0.4) is 0 Å². The normalized spacial score (nSPS) is 11.6. The van der Waals surface area contributed by atoms with Crippen molar-refractivity contribution in [2.24, 2.45) is 5.14 Å². The molecule has 0 bridgehead atoms. The molecular weight excluding hydrogens is 270 g/mol. The van der Waals surface area contributed by atoms with Gasteiger partial charge in [-0.2, -0.15) is 8.42 Å². The molecule has 0 atom stereocenters. The van der Waals surface area contributed by atoms with Crippen molar-refractivity contribution in [3.05, 3.63) is 33.8 Å². The van der Waals surface area contributed by atoms with Crippen molar-refractivity contribution < 1.29 is 12.6 Å². The number of benzene rings is 1. The van der Waals surface area contributed by atoms with E-state index in [0.29, 0.717) is 0 Å². The van der Waals surface area contributed by atoms with Gasteiger partial charge in [-0.05, 0) is 18.6 Å². The lowest BCUT2D eigenvalue weighted by molar-refractivity contribution is 0.308. The van der Waals surface area contributed by atoms with E-state index in [0.717, 1.165) is 15.6 Å². The fraction of sp³-hybridized carbons (Fsp3) is 0.250. The lowest BCUT2D eigenvalue weighted by Gasteiger charge is -2.04. The Morgan fingerprint density at radius 2 is 2.14 bits per heavy atom. The summed E-state index contributed by atoms with van der Waals surface area (Å²) in [5.41, 5.74) is 1.78. The Bertz CT molecular complexity index is 430. The zero-order valence-corrected chi connectivity index (χ0v) is 9.93. The van der Waals surface area contributed by atoms with Gasteiger partial charge in [-0.15, -0.1) is 0 Å². The van der Waals surface area contributed by atoms with Crippen LogP contribution in [0.4, 0.5) is 0 Å². The summed E-state index contributed by atoms with van der Waals surface area (Å²) in [5, 5.41) is 4.71. The third-order valence-electron chi connectivity index (χ3n) is 1.58. The summed E-state index contributed by atoms with van der Waals surface area (Å²) in [7, 11) is -3.87. The van der Waals surface area contributed by atoms with Crippen LogP contribution in [0.2, 0.25) is 0 Å². The molecule has 0 aromatic heterocycles. The van der Waals surface area contributed by atoms with Crippen LogP contribution in [-0.4, -0.2) is 8.42 Å². The molecule has 0 amide bonds. The van der Waals surface area contributed by atoms with Gasteiger partial charge in [0, 0.05) is 4.47 Å². The summed E-state index contributed by atoms with van der Waals surface area (Å²) in [6.45, 7) is 1.86. The van der Waals surface area contributed by atoms with Crippen molar-refractivity contribution in [1.82, 2.24) is 0 Å². The Hall–Kier alpha value is -0.430. The molecule has 0 radical (unpaired) electrons. The molecule has 6 heteroatoms. The minimum absolute atomic E-state index is 0.0545. The second-order valence-corrected chi connectivity index (χ2v) is 4.93. The van der Waals surface area contributed by atoms with Gasteiger partial charge in [-0.25, -0.2) is 5.14 Å². The Labute approximate surface area is 91.5 Å². The maximum atomic E-state index is 10.5. The second-order valence-electron chi connectivity index (χ2n) is 2.85. The van der Waals surface area contributed by atoms with Gasteiger partial charge in [-0.1, -0.05) is 33.6 Å². The highest BCUT2D eigenvalue weighted by molar-refractivity contribution is 9.10. The Morgan fingerprint density at radius 3 is 2.71 bits per heavy atom. The summed E-state index contributed by atoms with van der Waals surface area (Å²) < 4.78 is 26.4. The molecule has 1 rings (SSSR count). The van der Waals surface area contributed by atoms with Gasteiger partial charge in [0.05, 0.1) is 6.61 Å². The molecule has 14 heavy (non-hydrogen) atoms. The van der Waals surface area contributed by atoms with Crippen LogP contribution in [0.15, 0.2) is 22.7 Å². The van der Waals surface area contributed by atoms with Crippen molar-refractivity contribution in [1.29, 1.82) is 0 Å². The number of hydrogen-bond acceptors (Lipinski definition) is 3. The fourth-order valence-corrected chi connectivity index (χ4v) is 1.61. The van der Waals surface area contributed by atoms with Gasteiger partial charge in [-0.3, -0.25) is 4.18 Å². The van der Waals surface area contributed by atoms with E-state index in [1.165, 1.54) is 0 Å². The third kappa shape index (κ3) is 3.75. The van der Waals surface area contributed by atoms with E-state index in [4.69, 9.17) is 5.14 Å². The molecule has 78 valence electrons. The van der Waals surface area contributed by atoms with Crippen LogP contribution in [0.1, 0.15) is 11.1 Å². The van der Waals surface area contributed by atoms with E-state index in [2.05, 4.69) is 20.1 Å². The number of halogens is 1. The molecule has 0 saturated carbocycles. The van der Waals surface area contributed by atoms with Crippen molar-refractivity contribution >= 4 is 26.2 Å². The second kappa shape index (κ2) is 4.39. The van der Waals surface area contributed by atoms with Crippen molar-refractivity contribution in [2.45, 2.75) is 13.5 Å². The average Bonchev–Trinajstić information content (AvgIpc) is 2.05. The van der Waals surface area contributed by atoms with Gasteiger partial charge in [0.15, 0.2) is 0 Å². The summed E-state index contributed by atoms with van der Waals surface area (Å²) in [4.78, 5) is 0. The number of hydrogen-bond donors (Lipinski definition) is 1. The first kappa shape index (κ1) is 11.6. The van der Waals surface area contributed by atoms with Crippen molar-refractivity contribution in [3.63, 3.8) is 0 Å². The van der Waals surface area contributed by atoms with E-state index < -0.39 is 10.3 Å². The lowest BCUT2D eigenvalue weighted by atomic mass is 10.1. The molecular formula is C8H10BrNO3S. The van der Waals surface area contributed by atoms with Crippen molar-refractivity contribution in [3.8, 4) is 0 Å². The minimum atomic E-state index is -3.87. The van der Waals surface area contributed by atoms with Gasteiger partial charge in [0.2, 0.25) is 0 Å². The summed E-state index contributed by atoms with van der Waals surface area (Å²) in [6, 6.07) is 5.57. The molecule has 0 aliphatic rings. The Kier molecular flexibility index (Phi) is 3.65. The van der Waals surface area contributed by atoms with E-state index in [1.54, 1.807) is 0 Å². The Balaban J connectivity index is 2.81. The third-order valence-corrected chi connectivity index (χ3v) is 2.80. The maximum Gasteiger partial charge on any atom is 0.333 e. The number of aryl methyl sites for hydroxylation is 1. The molecule has 1 aromatic rings. The topological polar surface area (TPSA) is 69.4 Å². The van der Waals surface area contributed by atoms with Crippen LogP contribution >= 0.6 is 15.9 Å². The van der Waals surface area contributed by atoms with Crippen LogP contribution in [-0.2, 0) is 21.1 Å². The van der Waals surface area contributed by atoms with Gasteiger partial charge >= 0.3 is 10.3 Å². The highest BCUT2D eigenvalue weighted by Gasteiger charge is 2.05. The molecule has 0 unspecified atom stereocenters. The SMILES string of the molecule is Cc1ccc(Br)c(COS(N)(=O)=O)c1. The smallest absolute Gasteiger partial charge is 0.253 e. The standard InChI is InChI=1S/C8H10BrNO3S/c1-6-2-3-8(9)7(4-6)5-13-14(10,11)12/h2-4H,5H2,1H3,(H2,10,11,12). The van der Waals surface area contributed by atoms with E-state index in [-0.39, 0.29) is 6.61 Å². The van der Waals surface area contributed by atoms with Gasteiger partial charge < -0.3 is 0 Å². The maximum absolute atomic E-state index is 10.5. The first-order valence-corrected chi connectivity index (χ1v) is 6.07. The fourth-order valence-electron chi connectivity index (χ4n) is 0.960. The molecule has 0 aliphatic heterocycles. The molecule has 1 aromatic carbocycles. The Morgan fingerprint density at radius 1 is 1.50 bits per heavy atom. The zero-order valence-electron chi connectivity index (χ0n) is 7.53. The molecule has 0 heterocycles. The van der Waals surface area contributed by atoms with Crippen LogP contribution in [0.25, 0.3) is 0 Å². The highest BCUT2D eigenvalue weighted by atomic mass is 79.9. The molecule has 0 fully saturated rings. The van der Waals surface area contributed by atoms with E-state index in [9.17, 15) is 8.42 Å². The molecule has 2 N–H and O–H groups in total. The van der Waals surface area contributed by atoms with Crippen LogP contribution in [0, 0.1) is 6.92 Å². The predicted octanol–water partition coefficient (Wildman–Crippen LogP) is 1.48. The molecule has 4 nitrogen and oxygen atoms in total. The number of rotatable bonds is 3. The highest BCUT2D eigenvalue weighted by Crippen LogP contribution is 2.19. The van der Waals surface area contributed by atoms with Crippen LogP contribution < -0.4 is 5.14 Å². The molecule has 0 saturated heterocycles. The van der Waals surface area contributed by atoms with E-state index >= 15 is 0 Å². The largest absolute Gasteiger partial charge is 0.333 e. The quantitative estimate of drug-likeness (QED) is 0.911. The zero-order chi connectivity index (χ0) is 10.8. The first-order valence-electron chi connectivity index (χ1n) is 3.80. The van der Waals surface area contributed by atoms with Gasteiger partial charge in [0.25, 0.3) is 0 Å².